The summed E-state index contributed by atoms with van der Waals surface area (Å²) in [4.78, 5) is 16.4. The summed E-state index contributed by atoms with van der Waals surface area (Å²) in [7, 11) is 1.68. The molecule has 138 valence electrons. The van der Waals surface area contributed by atoms with E-state index in [1.165, 1.54) is 0 Å². The van der Waals surface area contributed by atoms with Crippen molar-refractivity contribution in [3.63, 3.8) is 0 Å². The van der Waals surface area contributed by atoms with Crippen molar-refractivity contribution in [3.05, 3.63) is 53.9 Å². The number of carbonyl (C=O) groups excluding carboxylic acids is 1. The summed E-state index contributed by atoms with van der Waals surface area (Å²) >= 11 is 0. The number of amides is 1. The molecular weight excluding hydrogens is 330 g/mol. The summed E-state index contributed by atoms with van der Waals surface area (Å²) in [5.74, 6) is 0.728. The van der Waals surface area contributed by atoms with Gasteiger partial charge in [0, 0.05) is 19.7 Å². The highest BCUT2D eigenvalue weighted by Crippen LogP contribution is 2.18. The minimum Gasteiger partial charge on any atom is -0.496 e. The van der Waals surface area contributed by atoms with Crippen LogP contribution < -0.4 is 15.4 Å². The van der Waals surface area contributed by atoms with Gasteiger partial charge < -0.3 is 20.1 Å². The predicted octanol–water partition coefficient (Wildman–Crippen LogP) is 2.65. The molecule has 1 aliphatic heterocycles. The number of rotatable bonds is 8. The van der Waals surface area contributed by atoms with Gasteiger partial charge in [-0.1, -0.05) is 18.2 Å². The summed E-state index contributed by atoms with van der Waals surface area (Å²) in [5, 5.41) is 6.19. The number of anilines is 1. The van der Waals surface area contributed by atoms with E-state index < -0.39 is 0 Å². The molecule has 0 radical (unpaired) electrons. The Morgan fingerprint density at radius 2 is 2.19 bits per heavy atom. The Morgan fingerprint density at radius 3 is 2.92 bits per heavy atom. The Morgan fingerprint density at radius 1 is 1.31 bits per heavy atom. The highest BCUT2D eigenvalue weighted by atomic mass is 16.5. The zero-order valence-corrected chi connectivity index (χ0v) is 15.0. The van der Waals surface area contributed by atoms with Crippen molar-refractivity contribution < 1.29 is 14.3 Å². The van der Waals surface area contributed by atoms with Crippen LogP contribution in [-0.2, 0) is 11.2 Å². The third-order valence-corrected chi connectivity index (χ3v) is 4.43. The second kappa shape index (κ2) is 9.20. The Kier molecular flexibility index (Phi) is 6.44. The molecule has 0 saturated carbocycles. The van der Waals surface area contributed by atoms with Crippen LogP contribution in [0.2, 0.25) is 0 Å². The Bertz CT molecular complexity index is 712. The van der Waals surface area contributed by atoms with E-state index in [0.717, 1.165) is 49.4 Å². The van der Waals surface area contributed by atoms with Gasteiger partial charge in [-0.25, -0.2) is 4.98 Å². The second-order valence-corrected chi connectivity index (χ2v) is 6.27. The van der Waals surface area contributed by atoms with E-state index in [1.807, 2.05) is 24.3 Å². The molecule has 0 bridgehead atoms. The van der Waals surface area contributed by atoms with Crippen molar-refractivity contribution >= 4 is 11.6 Å². The number of nitrogens with zero attached hydrogens (tertiary/aromatic N) is 1. The van der Waals surface area contributed by atoms with Gasteiger partial charge in [0.05, 0.1) is 25.1 Å². The van der Waals surface area contributed by atoms with Crippen molar-refractivity contribution in [2.45, 2.75) is 25.4 Å². The second-order valence-electron chi connectivity index (χ2n) is 6.27. The average molecular weight is 355 g/mol. The molecule has 1 amide bonds. The number of hydrogen-bond acceptors (Lipinski definition) is 5. The van der Waals surface area contributed by atoms with Gasteiger partial charge in [0.1, 0.15) is 11.4 Å². The molecule has 1 fully saturated rings. The molecule has 2 aromatic rings. The topological polar surface area (TPSA) is 72.5 Å². The summed E-state index contributed by atoms with van der Waals surface area (Å²) in [5.41, 5.74) is 2.45. The van der Waals surface area contributed by atoms with Crippen LogP contribution in [0, 0.1) is 0 Å². The lowest BCUT2D eigenvalue weighted by atomic mass is 10.1. The Labute approximate surface area is 153 Å². The third-order valence-electron chi connectivity index (χ3n) is 4.43. The number of aromatic nitrogens is 1. The Hall–Kier alpha value is -2.60. The average Bonchev–Trinajstić information content (AvgIpc) is 3.20. The van der Waals surface area contributed by atoms with Crippen LogP contribution in [0.1, 0.15) is 28.9 Å². The van der Waals surface area contributed by atoms with E-state index in [-0.39, 0.29) is 12.0 Å². The minimum atomic E-state index is -0.166. The minimum absolute atomic E-state index is 0.134. The van der Waals surface area contributed by atoms with Gasteiger partial charge in [0.25, 0.3) is 5.91 Å². The maximum absolute atomic E-state index is 12.1. The van der Waals surface area contributed by atoms with E-state index in [2.05, 4.69) is 21.7 Å². The molecule has 26 heavy (non-hydrogen) atoms. The lowest BCUT2D eigenvalue weighted by Crippen LogP contribution is -2.32. The van der Waals surface area contributed by atoms with Crippen molar-refractivity contribution in [2.24, 2.45) is 0 Å². The lowest BCUT2D eigenvalue weighted by molar-refractivity contribution is 0.0854. The van der Waals surface area contributed by atoms with Crippen molar-refractivity contribution in [1.29, 1.82) is 0 Å². The molecule has 0 aliphatic carbocycles. The first-order valence-corrected chi connectivity index (χ1v) is 8.98. The number of methoxy groups -OCH3 is 1. The molecule has 2 heterocycles. The Balaban J connectivity index is 1.45. The van der Waals surface area contributed by atoms with Crippen LogP contribution in [0.3, 0.4) is 0 Å². The van der Waals surface area contributed by atoms with Crippen LogP contribution in [0.4, 0.5) is 5.69 Å². The molecule has 1 aliphatic rings. The molecule has 1 saturated heterocycles. The van der Waals surface area contributed by atoms with Crippen LogP contribution in [0.5, 0.6) is 5.75 Å². The molecule has 2 N–H and O–H groups in total. The van der Waals surface area contributed by atoms with Crippen molar-refractivity contribution in [2.75, 3.05) is 32.1 Å². The fourth-order valence-electron chi connectivity index (χ4n) is 2.99. The molecule has 6 nitrogen and oxygen atoms in total. The maximum atomic E-state index is 12.1. The van der Waals surface area contributed by atoms with E-state index in [0.29, 0.717) is 12.2 Å². The van der Waals surface area contributed by atoms with Crippen molar-refractivity contribution in [3.8, 4) is 5.75 Å². The van der Waals surface area contributed by atoms with Crippen LogP contribution in [-0.4, -0.2) is 43.8 Å². The van der Waals surface area contributed by atoms with Gasteiger partial charge in [0.2, 0.25) is 0 Å². The zero-order valence-electron chi connectivity index (χ0n) is 15.0. The largest absolute Gasteiger partial charge is 0.496 e. The molecular formula is C20H25N3O3. The molecule has 1 unspecified atom stereocenters. The third kappa shape index (κ3) is 4.95. The summed E-state index contributed by atoms with van der Waals surface area (Å²) < 4.78 is 10.9. The highest BCUT2D eigenvalue weighted by Gasteiger charge is 2.17. The molecule has 1 aromatic heterocycles. The fourth-order valence-corrected chi connectivity index (χ4v) is 2.99. The highest BCUT2D eigenvalue weighted by molar-refractivity contribution is 5.92. The van der Waals surface area contributed by atoms with Gasteiger partial charge in [-0.3, -0.25) is 4.79 Å². The number of benzene rings is 1. The van der Waals surface area contributed by atoms with E-state index in [9.17, 15) is 4.79 Å². The summed E-state index contributed by atoms with van der Waals surface area (Å²) in [6.45, 7) is 2.08. The normalized spacial score (nSPS) is 16.3. The first kappa shape index (κ1) is 18.2. The summed E-state index contributed by atoms with van der Waals surface area (Å²) in [6.07, 6.45) is 4.73. The standard InChI is InChI=1S/C20H25N3O3/c1-25-19-7-3-2-5-15(19)10-11-21-16-8-9-18(22-13-16)20(24)23-14-17-6-4-12-26-17/h2-3,5,7-9,13,17,21H,4,6,10-12,14H2,1H3,(H,23,24). The summed E-state index contributed by atoms with van der Waals surface area (Å²) in [6, 6.07) is 11.6. The van der Waals surface area contributed by atoms with E-state index in [4.69, 9.17) is 9.47 Å². The number of pyridine rings is 1. The zero-order chi connectivity index (χ0) is 18.2. The van der Waals surface area contributed by atoms with Crippen molar-refractivity contribution in [1.82, 2.24) is 10.3 Å². The van der Waals surface area contributed by atoms with Gasteiger partial charge >= 0.3 is 0 Å². The first-order chi connectivity index (χ1) is 12.8. The first-order valence-electron chi connectivity index (χ1n) is 8.98. The predicted molar refractivity (Wildman–Crippen MR) is 101 cm³/mol. The number of hydrogen-bond donors (Lipinski definition) is 2. The quantitative estimate of drug-likeness (QED) is 0.762. The SMILES string of the molecule is COc1ccccc1CCNc1ccc(C(=O)NCC2CCCO2)nc1. The van der Waals surface area contributed by atoms with Gasteiger partial charge in [-0.15, -0.1) is 0 Å². The fraction of sp³-hybridized carbons (Fsp3) is 0.400. The van der Waals surface area contributed by atoms with Gasteiger partial charge in [0.15, 0.2) is 0 Å². The van der Waals surface area contributed by atoms with E-state index >= 15 is 0 Å². The molecule has 1 aromatic carbocycles. The van der Waals surface area contributed by atoms with E-state index in [1.54, 1.807) is 19.4 Å². The number of para-hydroxylation sites is 1. The van der Waals surface area contributed by atoms with Crippen LogP contribution in [0.25, 0.3) is 0 Å². The smallest absolute Gasteiger partial charge is 0.269 e. The lowest BCUT2D eigenvalue weighted by Gasteiger charge is -2.11. The number of nitrogens with one attached hydrogen (secondary N) is 2. The number of carbonyl (C=O) groups is 1. The monoisotopic (exact) mass is 355 g/mol. The van der Waals surface area contributed by atoms with Gasteiger partial charge in [-0.05, 0) is 43.0 Å². The molecule has 0 spiro atoms. The van der Waals surface area contributed by atoms with Crippen LogP contribution >= 0.6 is 0 Å². The molecule has 1 atom stereocenters. The molecule has 6 heteroatoms. The van der Waals surface area contributed by atoms with Crippen LogP contribution in [0.15, 0.2) is 42.6 Å². The maximum Gasteiger partial charge on any atom is 0.269 e. The van der Waals surface area contributed by atoms with Gasteiger partial charge in [-0.2, -0.15) is 0 Å². The number of ether oxygens (including phenoxy) is 2. The molecule has 3 rings (SSSR count).